The average molecular weight is 379 g/mol. The Morgan fingerprint density at radius 3 is 2.64 bits per heavy atom. The van der Waals surface area contributed by atoms with E-state index in [2.05, 4.69) is 37.4 Å². The summed E-state index contributed by atoms with van der Waals surface area (Å²) in [6.07, 6.45) is 3.91. The van der Waals surface area contributed by atoms with Gasteiger partial charge in [-0.25, -0.2) is 4.98 Å². The topological polar surface area (TPSA) is 94.1 Å². The van der Waals surface area contributed by atoms with Crippen LogP contribution in [-0.4, -0.2) is 57.5 Å². The molecule has 1 saturated heterocycles. The van der Waals surface area contributed by atoms with E-state index >= 15 is 0 Å². The number of hydrogen-bond donors (Lipinski definition) is 2. The molecule has 1 aromatic carbocycles. The van der Waals surface area contributed by atoms with E-state index in [9.17, 15) is 0 Å². The number of aromatic nitrogens is 4. The second-order valence-corrected chi connectivity index (χ2v) is 6.77. The van der Waals surface area contributed by atoms with Crippen molar-refractivity contribution in [2.75, 3.05) is 43.9 Å². The first kappa shape index (κ1) is 18.4. The molecule has 0 aliphatic carbocycles. The van der Waals surface area contributed by atoms with Crippen molar-refractivity contribution >= 4 is 17.6 Å². The number of rotatable bonds is 7. The fraction of sp³-hybridized carbons (Fsp3) is 0.350. The monoisotopic (exact) mass is 379 g/mol. The first-order valence-corrected chi connectivity index (χ1v) is 9.58. The Bertz CT molecular complexity index is 873. The van der Waals surface area contributed by atoms with E-state index in [0.29, 0.717) is 17.7 Å². The van der Waals surface area contributed by atoms with Gasteiger partial charge in [-0.3, -0.25) is 4.90 Å². The molecule has 3 N–H and O–H groups in total. The molecule has 0 bridgehead atoms. The van der Waals surface area contributed by atoms with Crippen molar-refractivity contribution in [3.8, 4) is 5.82 Å². The molecule has 3 heterocycles. The zero-order valence-corrected chi connectivity index (χ0v) is 15.8. The van der Waals surface area contributed by atoms with E-state index in [-0.39, 0.29) is 0 Å². The third kappa shape index (κ3) is 4.65. The van der Waals surface area contributed by atoms with Gasteiger partial charge in [-0.1, -0.05) is 18.2 Å². The van der Waals surface area contributed by atoms with Gasteiger partial charge in [0.2, 0.25) is 11.9 Å². The van der Waals surface area contributed by atoms with Crippen molar-refractivity contribution in [2.24, 2.45) is 0 Å². The minimum absolute atomic E-state index is 0.293. The molecule has 4 rings (SSSR count). The van der Waals surface area contributed by atoms with Gasteiger partial charge in [0.25, 0.3) is 0 Å². The summed E-state index contributed by atoms with van der Waals surface area (Å²) in [5, 5.41) is 7.59. The standard InChI is InChI=1S/C20H25N7O/c21-19-24-20(25-27(19)18-5-1-2-10-22-18)23-17-8-6-16(7-9-17)4-3-11-26-12-14-28-15-13-26/h1-2,5-10H,3-4,11-15H2,(H3,21,23,24,25). The van der Waals surface area contributed by atoms with Gasteiger partial charge in [0, 0.05) is 25.0 Å². The number of morpholine rings is 1. The van der Waals surface area contributed by atoms with Crippen molar-refractivity contribution in [3.05, 3.63) is 54.2 Å². The number of nitrogens with two attached hydrogens (primary N) is 1. The van der Waals surface area contributed by atoms with Gasteiger partial charge in [-0.2, -0.15) is 9.67 Å². The third-order valence-corrected chi connectivity index (χ3v) is 4.75. The molecule has 0 atom stereocenters. The lowest BCUT2D eigenvalue weighted by atomic mass is 10.1. The second-order valence-electron chi connectivity index (χ2n) is 6.77. The molecule has 8 heteroatoms. The Kier molecular flexibility index (Phi) is 5.79. The molecule has 0 spiro atoms. The number of nitrogen functional groups attached to an aromatic ring is 1. The molecule has 146 valence electrons. The van der Waals surface area contributed by atoms with Crippen LogP contribution in [0.1, 0.15) is 12.0 Å². The van der Waals surface area contributed by atoms with Crippen molar-refractivity contribution in [1.82, 2.24) is 24.6 Å². The summed E-state index contributed by atoms with van der Waals surface area (Å²) >= 11 is 0. The van der Waals surface area contributed by atoms with Crippen LogP contribution >= 0.6 is 0 Å². The van der Waals surface area contributed by atoms with Crippen LogP contribution < -0.4 is 11.1 Å². The van der Waals surface area contributed by atoms with Gasteiger partial charge >= 0.3 is 0 Å². The lowest BCUT2D eigenvalue weighted by Crippen LogP contribution is -2.36. The molecule has 8 nitrogen and oxygen atoms in total. The smallest absolute Gasteiger partial charge is 0.248 e. The summed E-state index contributed by atoms with van der Waals surface area (Å²) in [4.78, 5) is 11.0. The summed E-state index contributed by atoms with van der Waals surface area (Å²) in [5.41, 5.74) is 8.22. The fourth-order valence-electron chi connectivity index (χ4n) is 3.24. The van der Waals surface area contributed by atoms with Gasteiger partial charge < -0.3 is 15.8 Å². The van der Waals surface area contributed by atoms with Crippen LogP contribution in [0.25, 0.3) is 5.82 Å². The summed E-state index contributed by atoms with van der Waals surface area (Å²) in [6, 6.07) is 13.9. The number of nitrogens with one attached hydrogen (secondary N) is 1. The van der Waals surface area contributed by atoms with Crippen LogP contribution in [-0.2, 0) is 11.2 Å². The van der Waals surface area contributed by atoms with E-state index in [1.54, 1.807) is 6.20 Å². The number of benzene rings is 1. The van der Waals surface area contributed by atoms with Gasteiger partial charge in [0.15, 0.2) is 5.82 Å². The maximum Gasteiger partial charge on any atom is 0.248 e. The molecule has 0 unspecified atom stereocenters. The zero-order chi connectivity index (χ0) is 19.2. The third-order valence-electron chi connectivity index (χ3n) is 4.75. The molecule has 1 fully saturated rings. The number of anilines is 3. The largest absolute Gasteiger partial charge is 0.379 e. The SMILES string of the molecule is Nc1nc(Nc2ccc(CCCN3CCOCC3)cc2)nn1-c1ccccn1. The Hall–Kier alpha value is -2.97. The maximum absolute atomic E-state index is 5.97. The van der Waals surface area contributed by atoms with Crippen LogP contribution in [0.15, 0.2) is 48.7 Å². The molecule has 28 heavy (non-hydrogen) atoms. The lowest BCUT2D eigenvalue weighted by molar-refractivity contribution is 0.0375. The van der Waals surface area contributed by atoms with Crippen molar-refractivity contribution in [2.45, 2.75) is 12.8 Å². The zero-order valence-electron chi connectivity index (χ0n) is 15.8. The van der Waals surface area contributed by atoms with Crippen molar-refractivity contribution in [3.63, 3.8) is 0 Å². The highest BCUT2D eigenvalue weighted by Crippen LogP contribution is 2.18. The molecule has 3 aromatic rings. The Morgan fingerprint density at radius 2 is 1.89 bits per heavy atom. The highest BCUT2D eigenvalue weighted by molar-refractivity contribution is 5.55. The fourth-order valence-corrected chi connectivity index (χ4v) is 3.24. The maximum atomic E-state index is 5.97. The van der Waals surface area contributed by atoms with Gasteiger partial charge in [-0.05, 0) is 49.2 Å². The minimum atomic E-state index is 0.293. The molecule has 1 aliphatic heterocycles. The molecular formula is C20H25N7O. The minimum Gasteiger partial charge on any atom is -0.379 e. The first-order valence-electron chi connectivity index (χ1n) is 9.58. The molecular weight excluding hydrogens is 354 g/mol. The predicted molar refractivity (Wildman–Crippen MR) is 109 cm³/mol. The first-order chi connectivity index (χ1) is 13.8. The van der Waals surface area contributed by atoms with Crippen molar-refractivity contribution < 1.29 is 4.74 Å². The molecule has 0 radical (unpaired) electrons. The number of pyridine rings is 1. The molecule has 1 aliphatic rings. The van der Waals surface area contributed by atoms with E-state index in [1.165, 1.54) is 10.2 Å². The number of nitrogens with zero attached hydrogens (tertiary/aromatic N) is 5. The number of ether oxygens (including phenoxy) is 1. The quantitative estimate of drug-likeness (QED) is 0.650. The van der Waals surface area contributed by atoms with Crippen LogP contribution in [0.2, 0.25) is 0 Å². The summed E-state index contributed by atoms with van der Waals surface area (Å²) in [5.74, 6) is 1.38. The Balaban J connectivity index is 1.32. The van der Waals surface area contributed by atoms with Crippen LogP contribution in [0.3, 0.4) is 0 Å². The van der Waals surface area contributed by atoms with Gasteiger partial charge in [0.05, 0.1) is 13.2 Å². The molecule has 2 aromatic heterocycles. The summed E-state index contributed by atoms with van der Waals surface area (Å²) in [6.45, 7) is 4.93. The van der Waals surface area contributed by atoms with E-state index in [4.69, 9.17) is 10.5 Å². The lowest BCUT2D eigenvalue weighted by Gasteiger charge is -2.26. The number of aryl methyl sites for hydroxylation is 1. The summed E-state index contributed by atoms with van der Waals surface area (Å²) < 4.78 is 6.90. The van der Waals surface area contributed by atoms with E-state index in [1.807, 2.05) is 30.3 Å². The van der Waals surface area contributed by atoms with Crippen LogP contribution in [0, 0.1) is 0 Å². The second kappa shape index (κ2) is 8.81. The Morgan fingerprint density at radius 1 is 1.07 bits per heavy atom. The highest BCUT2D eigenvalue weighted by Gasteiger charge is 2.11. The van der Waals surface area contributed by atoms with E-state index in [0.717, 1.165) is 51.4 Å². The molecule has 0 saturated carbocycles. The van der Waals surface area contributed by atoms with Gasteiger partial charge in [-0.15, -0.1) is 5.10 Å². The van der Waals surface area contributed by atoms with Crippen molar-refractivity contribution in [1.29, 1.82) is 0 Å². The summed E-state index contributed by atoms with van der Waals surface area (Å²) in [7, 11) is 0. The average Bonchev–Trinajstić information content (AvgIpc) is 3.11. The van der Waals surface area contributed by atoms with E-state index < -0.39 is 0 Å². The number of hydrogen-bond acceptors (Lipinski definition) is 7. The highest BCUT2D eigenvalue weighted by atomic mass is 16.5. The van der Waals surface area contributed by atoms with Crippen LogP contribution in [0.5, 0.6) is 0 Å². The normalized spacial score (nSPS) is 14.9. The molecule has 0 amide bonds. The van der Waals surface area contributed by atoms with Gasteiger partial charge in [0.1, 0.15) is 0 Å². The van der Waals surface area contributed by atoms with Crippen LogP contribution in [0.4, 0.5) is 17.6 Å². The Labute approximate surface area is 164 Å². The predicted octanol–water partition coefficient (Wildman–Crippen LogP) is 2.25.